The molecule has 0 aliphatic heterocycles. The summed E-state index contributed by atoms with van der Waals surface area (Å²) < 4.78 is 38.8. The Morgan fingerprint density at radius 1 is 0.935 bits per heavy atom. The van der Waals surface area contributed by atoms with E-state index < -0.39 is 47.9 Å². The molecule has 0 aromatic heterocycles. The van der Waals surface area contributed by atoms with Gasteiger partial charge < -0.3 is 30.7 Å². The molecule has 9 nitrogen and oxygen atoms in total. The number of nitrogens with two attached hydrogens (primary N) is 1. The van der Waals surface area contributed by atoms with Gasteiger partial charge in [-0.3, -0.25) is 9.59 Å². The number of rotatable bonds is 27. The molecule has 0 fully saturated rings. The molecular weight excluding hydrogens is 598 g/mol. The standard InChI is InChI=1S/C35H56F2N2O7/c1-4-6-8-12-15-22-34(36,37)23-16-13-10-9-11-14-17-29(35(44,26-45-3)33(42)43)32(41)39-30(31(38)40)25-27-18-20-28(21-19-27)46-24-7-5-2/h14,17-21,29-30,44H,4-13,15-16,22-26H2,1-3H3,(H2,38,40)(H,39,41)(H,42,43)/b17-14+/t29-,30+,35+/m1/s1. The van der Waals surface area contributed by atoms with Crippen LogP contribution in [0.5, 0.6) is 5.75 Å². The summed E-state index contributed by atoms with van der Waals surface area (Å²) in [5, 5.41) is 23.3. The number of hydrogen-bond acceptors (Lipinski definition) is 6. The number of carboxylic acids is 1. The van der Waals surface area contributed by atoms with Crippen molar-refractivity contribution >= 4 is 17.8 Å². The zero-order valence-corrected chi connectivity index (χ0v) is 27.9. The first-order valence-corrected chi connectivity index (χ1v) is 16.7. The van der Waals surface area contributed by atoms with Crippen LogP contribution in [0.1, 0.15) is 109 Å². The number of halogens is 2. The SMILES string of the molecule is CCCCCCCC(F)(F)CCCCCC/C=C/[C@H](C(=O)N[C@@H](Cc1ccc(OCCCC)cc1)C(N)=O)[C@@](O)(COC)C(=O)O. The molecule has 1 rings (SSSR count). The Kier molecular flexibility index (Phi) is 20.0. The summed E-state index contributed by atoms with van der Waals surface area (Å²) in [5.41, 5.74) is 3.65. The third kappa shape index (κ3) is 16.0. The zero-order valence-electron chi connectivity index (χ0n) is 27.9. The predicted molar refractivity (Wildman–Crippen MR) is 175 cm³/mol. The molecule has 2 amide bonds. The van der Waals surface area contributed by atoms with Crippen molar-refractivity contribution in [3.05, 3.63) is 42.0 Å². The summed E-state index contributed by atoms with van der Waals surface area (Å²) in [4.78, 5) is 37.7. The number of aliphatic carboxylic acids is 1. The third-order valence-electron chi connectivity index (χ3n) is 7.96. The van der Waals surface area contributed by atoms with Crippen molar-refractivity contribution in [3.8, 4) is 5.75 Å². The van der Waals surface area contributed by atoms with Crippen LogP contribution in [0.2, 0.25) is 0 Å². The fraction of sp³-hybridized carbons (Fsp3) is 0.686. The number of amides is 2. The van der Waals surface area contributed by atoms with E-state index in [1.807, 2.05) is 0 Å². The maximum atomic E-state index is 14.1. The lowest BCUT2D eigenvalue weighted by Crippen LogP contribution is -2.57. The molecule has 0 saturated carbocycles. The minimum atomic E-state index is -2.65. The number of carbonyl (C=O) groups excluding carboxylic acids is 2. The predicted octanol–water partition coefficient (Wildman–Crippen LogP) is 6.35. The Hall–Kier alpha value is -3.05. The summed E-state index contributed by atoms with van der Waals surface area (Å²) >= 11 is 0. The Morgan fingerprint density at radius 2 is 1.52 bits per heavy atom. The maximum Gasteiger partial charge on any atom is 0.339 e. The largest absolute Gasteiger partial charge is 0.494 e. The van der Waals surface area contributed by atoms with Gasteiger partial charge in [0.15, 0.2) is 5.60 Å². The average molecular weight is 655 g/mol. The molecule has 1 aromatic rings. The normalized spacial score (nSPS) is 14.5. The van der Waals surface area contributed by atoms with Gasteiger partial charge in [-0.2, -0.15) is 0 Å². The topological polar surface area (TPSA) is 148 Å². The molecule has 3 atom stereocenters. The van der Waals surface area contributed by atoms with Crippen LogP contribution in [0, 0.1) is 5.92 Å². The second-order valence-electron chi connectivity index (χ2n) is 12.1. The number of nitrogens with one attached hydrogen (secondary N) is 1. The number of primary amides is 1. The quantitative estimate of drug-likeness (QED) is 0.0638. The molecule has 0 spiro atoms. The van der Waals surface area contributed by atoms with Gasteiger partial charge in [0, 0.05) is 26.4 Å². The molecule has 0 aliphatic rings. The van der Waals surface area contributed by atoms with Crippen LogP contribution in [0.25, 0.3) is 0 Å². The van der Waals surface area contributed by atoms with Crippen LogP contribution in [0.3, 0.4) is 0 Å². The molecule has 0 radical (unpaired) electrons. The molecule has 262 valence electrons. The van der Waals surface area contributed by atoms with Crippen molar-refractivity contribution in [1.82, 2.24) is 5.32 Å². The van der Waals surface area contributed by atoms with E-state index in [1.165, 1.54) is 13.2 Å². The number of aliphatic hydroxyl groups is 1. The highest BCUT2D eigenvalue weighted by molar-refractivity contribution is 5.93. The average Bonchev–Trinajstić information content (AvgIpc) is 3.00. The highest BCUT2D eigenvalue weighted by atomic mass is 19.3. The van der Waals surface area contributed by atoms with E-state index in [1.54, 1.807) is 30.3 Å². The molecule has 0 bridgehead atoms. The Morgan fingerprint density at radius 3 is 2.07 bits per heavy atom. The number of carbonyl (C=O) groups is 3. The molecule has 46 heavy (non-hydrogen) atoms. The number of unbranched alkanes of at least 4 members (excludes halogenated alkanes) is 9. The van der Waals surface area contributed by atoms with Crippen LogP contribution in [0.4, 0.5) is 8.78 Å². The van der Waals surface area contributed by atoms with Crippen molar-refractivity contribution in [1.29, 1.82) is 0 Å². The Labute approximate surface area is 273 Å². The van der Waals surface area contributed by atoms with Gasteiger partial charge in [-0.1, -0.05) is 83.1 Å². The fourth-order valence-electron chi connectivity index (χ4n) is 5.09. The van der Waals surface area contributed by atoms with Crippen molar-refractivity contribution in [3.63, 3.8) is 0 Å². The highest BCUT2D eigenvalue weighted by Crippen LogP contribution is 2.29. The van der Waals surface area contributed by atoms with Crippen LogP contribution < -0.4 is 15.8 Å². The van der Waals surface area contributed by atoms with Gasteiger partial charge in [-0.25, -0.2) is 13.6 Å². The van der Waals surface area contributed by atoms with Crippen molar-refractivity contribution in [2.24, 2.45) is 11.7 Å². The van der Waals surface area contributed by atoms with Crippen molar-refractivity contribution in [2.45, 2.75) is 128 Å². The highest BCUT2D eigenvalue weighted by Gasteiger charge is 2.47. The van der Waals surface area contributed by atoms with Gasteiger partial charge in [-0.15, -0.1) is 0 Å². The number of ether oxygens (including phenoxy) is 2. The van der Waals surface area contributed by atoms with Crippen LogP contribution >= 0.6 is 0 Å². The monoisotopic (exact) mass is 654 g/mol. The van der Waals surface area contributed by atoms with E-state index in [0.717, 1.165) is 38.5 Å². The lowest BCUT2D eigenvalue weighted by molar-refractivity contribution is -0.173. The van der Waals surface area contributed by atoms with E-state index in [4.69, 9.17) is 15.2 Å². The zero-order chi connectivity index (χ0) is 34.4. The molecule has 0 unspecified atom stereocenters. The molecule has 5 N–H and O–H groups in total. The molecule has 0 aliphatic carbocycles. The molecule has 0 saturated heterocycles. The van der Waals surface area contributed by atoms with Gasteiger partial charge in [0.05, 0.1) is 19.1 Å². The van der Waals surface area contributed by atoms with Gasteiger partial charge in [0.1, 0.15) is 11.8 Å². The van der Waals surface area contributed by atoms with Crippen molar-refractivity contribution < 1.29 is 42.9 Å². The summed E-state index contributed by atoms with van der Waals surface area (Å²) in [5.74, 6) is -6.98. The van der Waals surface area contributed by atoms with E-state index >= 15 is 0 Å². The van der Waals surface area contributed by atoms with E-state index in [9.17, 15) is 33.4 Å². The van der Waals surface area contributed by atoms with Crippen LogP contribution in [-0.2, 0) is 25.5 Å². The van der Waals surface area contributed by atoms with Crippen molar-refractivity contribution in [2.75, 3.05) is 20.3 Å². The molecular formula is C35H56F2N2O7. The number of benzene rings is 1. The second-order valence-corrected chi connectivity index (χ2v) is 12.1. The Balaban J connectivity index is 2.78. The number of methoxy groups -OCH3 is 1. The van der Waals surface area contributed by atoms with Gasteiger partial charge in [0.25, 0.3) is 0 Å². The lowest BCUT2D eigenvalue weighted by Gasteiger charge is -2.30. The van der Waals surface area contributed by atoms with Gasteiger partial charge in [0.2, 0.25) is 17.7 Å². The van der Waals surface area contributed by atoms with E-state index in [-0.39, 0.29) is 19.3 Å². The first kappa shape index (κ1) is 41.0. The molecule has 0 heterocycles. The first-order chi connectivity index (χ1) is 21.9. The number of alkyl halides is 2. The number of allylic oxidation sites excluding steroid dienone is 1. The van der Waals surface area contributed by atoms with E-state index in [0.29, 0.717) is 56.4 Å². The van der Waals surface area contributed by atoms with Crippen LogP contribution in [0.15, 0.2) is 36.4 Å². The minimum absolute atomic E-state index is 0.0421. The first-order valence-electron chi connectivity index (χ1n) is 16.7. The molecule has 11 heteroatoms. The summed E-state index contributed by atoms with van der Waals surface area (Å²) in [6.45, 7) is 4.05. The number of carboxylic acid groups (broad SMARTS) is 1. The molecule has 1 aromatic carbocycles. The van der Waals surface area contributed by atoms with Crippen LogP contribution in [-0.4, -0.2) is 65.9 Å². The van der Waals surface area contributed by atoms with Gasteiger partial charge in [-0.05, 0) is 49.8 Å². The summed E-state index contributed by atoms with van der Waals surface area (Å²) in [6.07, 6.45) is 11.9. The number of hydrogen-bond donors (Lipinski definition) is 4. The smallest absolute Gasteiger partial charge is 0.339 e. The lowest BCUT2D eigenvalue weighted by atomic mass is 9.86. The van der Waals surface area contributed by atoms with Gasteiger partial charge >= 0.3 is 5.97 Å². The summed E-state index contributed by atoms with van der Waals surface area (Å²) in [6, 6.07) is 5.81. The maximum absolute atomic E-state index is 14.1. The minimum Gasteiger partial charge on any atom is -0.494 e. The van der Waals surface area contributed by atoms with E-state index in [2.05, 4.69) is 19.2 Å². The Bertz CT molecular complexity index is 1050. The second kappa shape index (κ2) is 22.5. The summed E-state index contributed by atoms with van der Waals surface area (Å²) in [7, 11) is 1.20. The fourth-order valence-corrected chi connectivity index (χ4v) is 5.09. The third-order valence-corrected chi connectivity index (χ3v) is 7.96.